The van der Waals surface area contributed by atoms with Crippen LogP contribution in [0.2, 0.25) is 0 Å². The van der Waals surface area contributed by atoms with Crippen molar-refractivity contribution < 1.29 is 4.79 Å². The number of carbonyl (C=O) groups is 1. The van der Waals surface area contributed by atoms with Gasteiger partial charge in [0.1, 0.15) is 0 Å². The van der Waals surface area contributed by atoms with Crippen LogP contribution in [-0.4, -0.2) is 17.9 Å². The first-order valence-electron chi connectivity index (χ1n) is 13.2. The molecule has 0 N–H and O–H groups in total. The highest BCUT2D eigenvalue weighted by Crippen LogP contribution is 2.64. The number of hydrogen-bond acceptors (Lipinski definition) is 1. The van der Waals surface area contributed by atoms with Gasteiger partial charge in [-0.3, -0.25) is 4.79 Å². The third-order valence-electron chi connectivity index (χ3n) is 10.7. The van der Waals surface area contributed by atoms with Crippen LogP contribution < -0.4 is 0 Å². The second-order valence-corrected chi connectivity index (χ2v) is 12.1. The zero-order valence-corrected chi connectivity index (χ0v) is 20.2. The van der Waals surface area contributed by atoms with E-state index in [1.807, 2.05) is 7.05 Å². The second kappa shape index (κ2) is 8.23. The summed E-state index contributed by atoms with van der Waals surface area (Å²) in [5.41, 5.74) is 1.46. The van der Waals surface area contributed by atoms with Crippen LogP contribution in [0.15, 0.2) is 30.3 Å². The second-order valence-electron chi connectivity index (χ2n) is 12.1. The Morgan fingerprint density at radius 2 is 1.71 bits per heavy atom. The fraction of sp³-hybridized carbons (Fsp3) is 0.759. The number of carbonyl (C=O) groups excluding carboxylic acids is 1. The first-order valence-corrected chi connectivity index (χ1v) is 13.2. The molecule has 0 bridgehead atoms. The molecule has 170 valence electrons. The molecule has 0 heterocycles. The molecule has 0 aromatic heterocycles. The van der Waals surface area contributed by atoms with Crippen LogP contribution in [0.1, 0.15) is 90.2 Å². The van der Waals surface area contributed by atoms with Gasteiger partial charge >= 0.3 is 0 Å². The topological polar surface area (TPSA) is 20.3 Å². The predicted molar refractivity (Wildman–Crippen MR) is 127 cm³/mol. The minimum absolute atomic E-state index is 0.146. The van der Waals surface area contributed by atoms with Crippen molar-refractivity contribution in [1.29, 1.82) is 0 Å². The molecule has 0 radical (unpaired) electrons. The third-order valence-corrected chi connectivity index (χ3v) is 10.7. The summed E-state index contributed by atoms with van der Waals surface area (Å²) in [6.07, 6.45) is 12.4. The molecule has 2 nitrogen and oxygen atoms in total. The molecule has 1 aromatic carbocycles. The van der Waals surface area contributed by atoms with E-state index in [-0.39, 0.29) is 17.4 Å². The van der Waals surface area contributed by atoms with Crippen molar-refractivity contribution in [2.75, 3.05) is 7.05 Å². The maximum Gasteiger partial charge on any atom is 0.226 e. The van der Waals surface area contributed by atoms with Gasteiger partial charge in [0.05, 0.1) is 6.04 Å². The number of nitrogens with zero attached hydrogens (tertiary/aromatic N) is 1. The third kappa shape index (κ3) is 3.57. The van der Waals surface area contributed by atoms with E-state index in [0.717, 1.165) is 41.9 Å². The van der Waals surface area contributed by atoms with E-state index in [9.17, 15) is 4.79 Å². The Morgan fingerprint density at radius 3 is 2.48 bits per heavy atom. The lowest BCUT2D eigenvalue weighted by Crippen LogP contribution is -2.50. The molecule has 5 rings (SSSR count). The molecule has 8 unspecified atom stereocenters. The predicted octanol–water partition coefficient (Wildman–Crippen LogP) is 7.11. The van der Waals surface area contributed by atoms with Crippen LogP contribution in [0.4, 0.5) is 0 Å². The van der Waals surface area contributed by atoms with Crippen molar-refractivity contribution in [3.8, 4) is 0 Å². The monoisotopic (exact) mass is 421 g/mol. The summed E-state index contributed by atoms with van der Waals surface area (Å²) >= 11 is 0. The zero-order valence-electron chi connectivity index (χ0n) is 20.2. The molecule has 4 saturated carbocycles. The van der Waals surface area contributed by atoms with Crippen LogP contribution in [0, 0.1) is 46.8 Å². The molecule has 31 heavy (non-hydrogen) atoms. The maximum absolute atomic E-state index is 13.8. The van der Waals surface area contributed by atoms with Crippen LogP contribution >= 0.6 is 0 Å². The summed E-state index contributed by atoms with van der Waals surface area (Å²) in [5.74, 6) is 6.20. The number of fused-ring (bicyclic) bond motifs is 5. The van der Waals surface area contributed by atoms with E-state index in [0.29, 0.717) is 5.91 Å². The van der Waals surface area contributed by atoms with E-state index in [4.69, 9.17) is 0 Å². The summed E-state index contributed by atoms with van der Waals surface area (Å²) in [6, 6.07) is 10.7. The standard InChI is InChI=1S/C29H43NO/c1-19-10-12-23-22(18-19)11-13-25-24(23)16-17-29(3)26(25)14-15-27(29)28(31)30(4)20(2)21-8-6-5-7-9-21/h5-9,19-20,22-27H,10-18H2,1-4H3/t19?,20?,22?,23?,24?,25?,26?,27-,29?/m1/s1. The fourth-order valence-corrected chi connectivity index (χ4v) is 8.89. The van der Waals surface area contributed by atoms with Gasteiger partial charge in [0.25, 0.3) is 0 Å². The lowest BCUT2D eigenvalue weighted by atomic mass is 9.49. The van der Waals surface area contributed by atoms with Crippen LogP contribution in [-0.2, 0) is 4.79 Å². The Morgan fingerprint density at radius 1 is 0.968 bits per heavy atom. The van der Waals surface area contributed by atoms with Gasteiger partial charge in [-0.25, -0.2) is 0 Å². The number of amides is 1. The molecule has 0 saturated heterocycles. The van der Waals surface area contributed by atoms with Gasteiger partial charge in [0.2, 0.25) is 5.91 Å². The lowest BCUT2D eigenvalue weighted by molar-refractivity contribution is -0.143. The van der Waals surface area contributed by atoms with Crippen molar-refractivity contribution in [2.24, 2.45) is 46.8 Å². The lowest BCUT2D eigenvalue weighted by Gasteiger charge is -2.56. The minimum Gasteiger partial charge on any atom is -0.339 e. The molecule has 4 aliphatic carbocycles. The van der Waals surface area contributed by atoms with Crippen molar-refractivity contribution in [3.63, 3.8) is 0 Å². The fourth-order valence-electron chi connectivity index (χ4n) is 8.89. The Hall–Kier alpha value is -1.31. The number of rotatable bonds is 3. The van der Waals surface area contributed by atoms with Crippen molar-refractivity contribution in [1.82, 2.24) is 4.90 Å². The van der Waals surface area contributed by atoms with E-state index in [2.05, 4.69) is 56.0 Å². The normalized spacial score (nSPS) is 42.8. The highest BCUT2D eigenvalue weighted by atomic mass is 16.2. The largest absolute Gasteiger partial charge is 0.339 e. The summed E-state index contributed by atoms with van der Waals surface area (Å²) in [5, 5.41) is 0. The van der Waals surface area contributed by atoms with Gasteiger partial charge in [-0.05, 0) is 105 Å². The van der Waals surface area contributed by atoms with E-state index < -0.39 is 0 Å². The molecular weight excluding hydrogens is 378 g/mol. The molecule has 9 atom stereocenters. The SMILES string of the molecule is CC1CCC2C(CCC3C2CCC2(C)C3CC[C@@H]2C(=O)N(C)C(C)c2ccccc2)C1. The van der Waals surface area contributed by atoms with Gasteiger partial charge in [-0.15, -0.1) is 0 Å². The molecule has 1 amide bonds. The Balaban J connectivity index is 1.32. The molecule has 0 aliphatic heterocycles. The first-order chi connectivity index (χ1) is 14.9. The average molecular weight is 422 g/mol. The zero-order chi connectivity index (χ0) is 21.8. The molecule has 4 fully saturated rings. The van der Waals surface area contributed by atoms with Gasteiger partial charge < -0.3 is 4.90 Å². The van der Waals surface area contributed by atoms with E-state index >= 15 is 0 Å². The molecule has 1 aromatic rings. The van der Waals surface area contributed by atoms with Crippen LogP contribution in [0.3, 0.4) is 0 Å². The van der Waals surface area contributed by atoms with Crippen LogP contribution in [0.25, 0.3) is 0 Å². The quantitative estimate of drug-likeness (QED) is 0.509. The smallest absolute Gasteiger partial charge is 0.226 e. The molecule has 4 aliphatic rings. The molecule has 0 spiro atoms. The average Bonchev–Trinajstić information content (AvgIpc) is 3.15. The highest BCUT2D eigenvalue weighted by Gasteiger charge is 2.58. The number of benzene rings is 1. The minimum atomic E-state index is 0.146. The van der Waals surface area contributed by atoms with Crippen molar-refractivity contribution >= 4 is 5.91 Å². The van der Waals surface area contributed by atoms with Crippen LogP contribution in [0.5, 0.6) is 0 Å². The van der Waals surface area contributed by atoms with E-state index in [1.165, 1.54) is 56.9 Å². The van der Waals surface area contributed by atoms with Crippen molar-refractivity contribution in [2.45, 2.75) is 84.6 Å². The Labute approximate surface area is 190 Å². The van der Waals surface area contributed by atoms with E-state index in [1.54, 1.807) is 0 Å². The highest BCUT2D eigenvalue weighted by molar-refractivity contribution is 5.80. The summed E-state index contributed by atoms with van der Waals surface area (Å²) in [6.45, 7) is 7.16. The first kappa shape index (κ1) is 21.5. The number of hydrogen-bond donors (Lipinski definition) is 0. The Kier molecular flexibility index (Phi) is 5.72. The maximum atomic E-state index is 13.8. The van der Waals surface area contributed by atoms with Gasteiger partial charge in [-0.2, -0.15) is 0 Å². The van der Waals surface area contributed by atoms with Gasteiger partial charge in [-0.1, -0.05) is 50.6 Å². The van der Waals surface area contributed by atoms with Crippen molar-refractivity contribution in [3.05, 3.63) is 35.9 Å². The summed E-state index contributed by atoms with van der Waals surface area (Å²) < 4.78 is 0. The van der Waals surface area contributed by atoms with Gasteiger partial charge in [0.15, 0.2) is 0 Å². The molecular formula is C29H43NO. The molecule has 2 heteroatoms. The summed E-state index contributed by atoms with van der Waals surface area (Å²) in [4.78, 5) is 15.8. The van der Waals surface area contributed by atoms with Gasteiger partial charge in [0, 0.05) is 13.0 Å². The Bertz CT molecular complexity index is 789. The summed E-state index contributed by atoms with van der Waals surface area (Å²) in [7, 11) is 2.04.